The summed E-state index contributed by atoms with van der Waals surface area (Å²) in [6, 6.07) is 9.54. The molecule has 0 heterocycles. The van der Waals surface area contributed by atoms with Crippen LogP contribution < -0.4 is 0 Å². The number of aldehydes is 1. The standard InChI is InChI=1S/C19H17F3O3/c1-18(2,3)25-17(24)13-6-4-12(5-7-13)14-8-9-15(11-23)16(10-14)19(20,21)22/h4-11H,1-3H3. The van der Waals surface area contributed by atoms with E-state index in [1.807, 2.05) is 0 Å². The van der Waals surface area contributed by atoms with Crippen molar-refractivity contribution in [3.05, 3.63) is 59.2 Å². The molecule has 25 heavy (non-hydrogen) atoms. The molecule has 0 bridgehead atoms. The molecule has 0 spiro atoms. The Morgan fingerprint density at radius 3 is 2.00 bits per heavy atom. The molecule has 0 saturated heterocycles. The molecule has 0 unspecified atom stereocenters. The summed E-state index contributed by atoms with van der Waals surface area (Å²) >= 11 is 0. The Kier molecular flexibility index (Phi) is 5.02. The van der Waals surface area contributed by atoms with E-state index in [2.05, 4.69) is 0 Å². The van der Waals surface area contributed by atoms with Gasteiger partial charge in [0, 0.05) is 5.56 Å². The molecule has 2 aromatic rings. The van der Waals surface area contributed by atoms with Crippen molar-refractivity contribution in [3.63, 3.8) is 0 Å². The summed E-state index contributed by atoms with van der Waals surface area (Å²) in [5.74, 6) is -0.508. The van der Waals surface area contributed by atoms with E-state index < -0.39 is 28.9 Å². The average Bonchev–Trinajstić information content (AvgIpc) is 2.52. The van der Waals surface area contributed by atoms with E-state index in [9.17, 15) is 22.8 Å². The van der Waals surface area contributed by atoms with Gasteiger partial charge in [-0.15, -0.1) is 0 Å². The Labute approximate surface area is 143 Å². The molecule has 2 aromatic carbocycles. The molecular weight excluding hydrogens is 333 g/mol. The number of ether oxygens (including phenoxy) is 1. The maximum Gasteiger partial charge on any atom is 0.417 e. The topological polar surface area (TPSA) is 43.4 Å². The van der Waals surface area contributed by atoms with Crippen molar-refractivity contribution in [3.8, 4) is 11.1 Å². The molecule has 0 amide bonds. The summed E-state index contributed by atoms with van der Waals surface area (Å²) in [5.41, 5.74) is -0.942. The molecule has 0 N–H and O–H groups in total. The van der Waals surface area contributed by atoms with Gasteiger partial charge in [0.1, 0.15) is 5.60 Å². The van der Waals surface area contributed by atoms with Crippen LogP contribution in [0.4, 0.5) is 13.2 Å². The minimum absolute atomic E-state index is 0.179. The molecule has 0 radical (unpaired) electrons. The van der Waals surface area contributed by atoms with Gasteiger partial charge in [-0.05, 0) is 50.1 Å². The predicted octanol–water partition coefficient (Wildman–Crippen LogP) is 5.14. The van der Waals surface area contributed by atoms with Crippen LogP contribution in [0.3, 0.4) is 0 Å². The third-order valence-corrected chi connectivity index (χ3v) is 3.34. The van der Waals surface area contributed by atoms with E-state index in [1.54, 1.807) is 20.8 Å². The molecule has 0 aliphatic heterocycles. The zero-order chi connectivity index (χ0) is 18.8. The fourth-order valence-corrected chi connectivity index (χ4v) is 2.22. The SMILES string of the molecule is CC(C)(C)OC(=O)c1ccc(-c2ccc(C=O)c(C(F)(F)F)c2)cc1. The number of hydrogen-bond acceptors (Lipinski definition) is 3. The summed E-state index contributed by atoms with van der Waals surface area (Å²) < 4.78 is 44.4. The fourth-order valence-electron chi connectivity index (χ4n) is 2.22. The second-order valence-electron chi connectivity index (χ2n) is 6.50. The van der Waals surface area contributed by atoms with Crippen molar-refractivity contribution in [2.45, 2.75) is 32.5 Å². The van der Waals surface area contributed by atoms with Gasteiger partial charge in [-0.2, -0.15) is 13.2 Å². The van der Waals surface area contributed by atoms with Gasteiger partial charge in [-0.3, -0.25) is 4.79 Å². The van der Waals surface area contributed by atoms with Crippen LogP contribution in [0.2, 0.25) is 0 Å². The first-order valence-corrected chi connectivity index (χ1v) is 7.51. The van der Waals surface area contributed by atoms with E-state index in [0.29, 0.717) is 16.7 Å². The quantitative estimate of drug-likeness (QED) is 0.569. The first-order valence-electron chi connectivity index (χ1n) is 7.51. The number of benzene rings is 2. The van der Waals surface area contributed by atoms with Crippen molar-refractivity contribution < 1.29 is 27.5 Å². The smallest absolute Gasteiger partial charge is 0.417 e. The summed E-state index contributed by atoms with van der Waals surface area (Å²) in [5, 5.41) is 0. The highest BCUT2D eigenvalue weighted by molar-refractivity contribution is 5.90. The number of esters is 1. The third-order valence-electron chi connectivity index (χ3n) is 3.34. The van der Waals surface area contributed by atoms with Crippen molar-refractivity contribution in [2.24, 2.45) is 0 Å². The molecule has 132 valence electrons. The van der Waals surface area contributed by atoms with Crippen LogP contribution in [0, 0.1) is 0 Å². The highest BCUT2D eigenvalue weighted by Crippen LogP contribution is 2.34. The van der Waals surface area contributed by atoms with E-state index in [-0.39, 0.29) is 6.29 Å². The van der Waals surface area contributed by atoms with Gasteiger partial charge < -0.3 is 4.74 Å². The maximum absolute atomic E-state index is 13.0. The Balaban J connectivity index is 2.34. The second-order valence-corrected chi connectivity index (χ2v) is 6.50. The number of carbonyl (C=O) groups excluding carboxylic acids is 2. The molecule has 3 nitrogen and oxygen atoms in total. The van der Waals surface area contributed by atoms with Crippen molar-refractivity contribution in [1.82, 2.24) is 0 Å². The molecule has 0 aromatic heterocycles. The van der Waals surface area contributed by atoms with Crippen LogP contribution in [0.15, 0.2) is 42.5 Å². The third kappa shape index (κ3) is 4.68. The molecule has 2 rings (SSSR count). The Morgan fingerprint density at radius 2 is 1.52 bits per heavy atom. The number of hydrogen-bond donors (Lipinski definition) is 0. The summed E-state index contributed by atoms with van der Waals surface area (Å²) in [7, 11) is 0. The van der Waals surface area contributed by atoms with Gasteiger partial charge in [-0.25, -0.2) is 4.79 Å². The lowest BCUT2D eigenvalue weighted by atomic mass is 9.98. The van der Waals surface area contributed by atoms with Crippen LogP contribution >= 0.6 is 0 Å². The lowest BCUT2D eigenvalue weighted by molar-refractivity contribution is -0.137. The first kappa shape index (κ1) is 18.7. The zero-order valence-electron chi connectivity index (χ0n) is 14.0. The van der Waals surface area contributed by atoms with Gasteiger partial charge in [0.25, 0.3) is 0 Å². The van der Waals surface area contributed by atoms with Gasteiger partial charge >= 0.3 is 12.1 Å². The van der Waals surface area contributed by atoms with Crippen LogP contribution in [0.25, 0.3) is 11.1 Å². The monoisotopic (exact) mass is 350 g/mol. The molecule has 0 aliphatic carbocycles. The number of carbonyl (C=O) groups is 2. The molecule has 0 atom stereocenters. The Morgan fingerprint density at radius 1 is 0.960 bits per heavy atom. The first-order chi connectivity index (χ1) is 11.5. The van der Waals surface area contributed by atoms with Crippen LogP contribution in [-0.4, -0.2) is 17.9 Å². The fraction of sp³-hybridized carbons (Fsp3) is 0.263. The highest BCUT2D eigenvalue weighted by atomic mass is 19.4. The summed E-state index contributed by atoms with van der Waals surface area (Å²) in [4.78, 5) is 22.8. The van der Waals surface area contributed by atoms with Gasteiger partial charge in [0.15, 0.2) is 6.29 Å². The number of rotatable bonds is 3. The van der Waals surface area contributed by atoms with Crippen LogP contribution in [0.5, 0.6) is 0 Å². The summed E-state index contributed by atoms with van der Waals surface area (Å²) in [6.45, 7) is 5.23. The Bertz CT molecular complexity index is 785. The molecule has 0 saturated carbocycles. The largest absolute Gasteiger partial charge is 0.456 e. The minimum atomic E-state index is -4.62. The van der Waals surface area contributed by atoms with Crippen molar-refractivity contribution >= 4 is 12.3 Å². The Hall–Kier alpha value is -2.63. The van der Waals surface area contributed by atoms with E-state index in [4.69, 9.17) is 4.74 Å². The lowest BCUT2D eigenvalue weighted by Gasteiger charge is -2.19. The molecular formula is C19H17F3O3. The van der Waals surface area contributed by atoms with Gasteiger partial charge in [0.2, 0.25) is 0 Å². The average molecular weight is 350 g/mol. The second kappa shape index (κ2) is 6.70. The van der Waals surface area contributed by atoms with Crippen molar-refractivity contribution in [1.29, 1.82) is 0 Å². The van der Waals surface area contributed by atoms with Gasteiger partial charge in [-0.1, -0.05) is 24.3 Å². The van der Waals surface area contributed by atoms with E-state index >= 15 is 0 Å². The number of alkyl halides is 3. The van der Waals surface area contributed by atoms with Crippen LogP contribution in [-0.2, 0) is 10.9 Å². The van der Waals surface area contributed by atoms with E-state index in [1.165, 1.54) is 30.3 Å². The zero-order valence-corrected chi connectivity index (χ0v) is 14.0. The van der Waals surface area contributed by atoms with Crippen LogP contribution in [0.1, 0.15) is 47.1 Å². The van der Waals surface area contributed by atoms with Crippen molar-refractivity contribution in [2.75, 3.05) is 0 Å². The lowest BCUT2D eigenvalue weighted by Crippen LogP contribution is -2.23. The minimum Gasteiger partial charge on any atom is -0.456 e. The molecule has 0 fully saturated rings. The predicted molar refractivity (Wildman–Crippen MR) is 87.4 cm³/mol. The highest BCUT2D eigenvalue weighted by Gasteiger charge is 2.33. The molecule has 6 heteroatoms. The number of halogens is 3. The summed E-state index contributed by atoms with van der Waals surface area (Å²) in [6.07, 6.45) is -4.44. The molecule has 0 aliphatic rings. The normalized spacial score (nSPS) is 11.9. The maximum atomic E-state index is 13.0. The van der Waals surface area contributed by atoms with E-state index in [0.717, 1.165) is 12.1 Å². The van der Waals surface area contributed by atoms with Gasteiger partial charge in [0.05, 0.1) is 11.1 Å².